The number of amides is 1. The largest absolute Gasteiger partial charge is 0.484 e. The molecule has 0 aliphatic carbocycles. The molecule has 0 aliphatic rings. The minimum atomic E-state index is -0.377. The zero-order valence-electron chi connectivity index (χ0n) is 14.5. The Morgan fingerprint density at radius 1 is 0.964 bits per heavy atom. The molecule has 0 aliphatic heterocycles. The van der Waals surface area contributed by atoms with E-state index in [-0.39, 0.29) is 24.1 Å². The molecule has 3 aromatic carbocycles. The number of anilines is 1. The Hall–Kier alpha value is -3.74. The normalized spacial score (nSPS) is 10.8. The molecule has 1 aromatic heterocycles. The van der Waals surface area contributed by atoms with Crippen LogP contribution in [0.25, 0.3) is 22.6 Å². The maximum Gasteiger partial charge on any atom is 0.262 e. The zero-order chi connectivity index (χ0) is 19.5. The maximum atomic E-state index is 13.1. The lowest BCUT2D eigenvalue weighted by Crippen LogP contribution is -2.20. The molecule has 0 unspecified atom stereocenters. The first-order valence-corrected chi connectivity index (χ1v) is 8.41. The molecule has 7 heteroatoms. The Balaban J connectivity index is 1.44. The molecule has 5 nitrogen and oxygen atoms in total. The monoisotopic (exact) mass is 380 g/mol. The molecular formula is C21H14F2N2O3. The molecule has 0 saturated heterocycles. The first-order valence-electron chi connectivity index (χ1n) is 8.41. The van der Waals surface area contributed by atoms with Crippen molar-refractivity contribution in [2.45, 2.75) is 0 Å². The fourth-order valence-corrected chi connectivity index (χ4v) is 2.60. The first kappa shape index (κ1) is 17.7. The number of oxazole rings is 1. The number of fused-ring (bicyclic) bond motifs is 1. The van der Waals surface area contributed by atoms with E-state index in [9.17, 15) is 13.6 Å². The third kappa shape index (κ3) is 3.98. The molecule has 0 saturated carbocycles. The van der Waals surface area contributed by atoms with Crippen molar-refractivity contribution in [3.63, 3.8) is 0 Å². The van der Waals surface area contributed by atoms with Crippen LogP contribution in [0.2, 0.25) is 0 Å². The zero-order valence-corrected chi connectivity index (χ0v) is 14.5. The number of nitrogens with one attached hydrogen (secondary N) is 1. The van der Waals surface area contributed by atoms with Gasteiger partial charge in [-0.3, -0.25) is 4.79 Å². The van der Waals surface area contributed by atoms with E-state index in [1.54, 1.807) is 30.3 Å². The molecule has 1 heterocycles. The van der Waals surface area contributed by atoms with Crippen molar-refractivity contribution in [3.8, 4) is 17.2 Å². The average molecular weight is 380 g/mol. The summed E-state index contributed by atoms with van der Waals surface area (Å²) in [5.74, 6) is -0.332. The number of hydrogen-bond donors (Lipinski definition) is 1. The summed E-state index contributed by atoms with van der Waals surface area (Å²) in [5, 5.41) is 2.70. The van der Waals surface area contributed by atoms with E-state index in [2.05, 4.69) is 10.3 Å². The summed E-state index contributed by atoms with van der Waals surface area (Å²) < 4.78 is 36.9. The Bertz CT molecular complexity index is 1120. The Morgan fingerprint density at radius 3 is 2.36 bits per heavy atom. The van der Waals surface area contributed by atoms with Crippen molar-refractivity contribution in [2.24, 2.45) is 0 Å². The molecule has 1 amide bonds. The number of carbonyl (C=O) groups excluding carboxylic acids is 1. The van der Waals surface area contributed by atoms with Crippen LogP contribution in [0.15, 0.2) is 71.1 Å². The lowest BCUT2D eigenvalue weighted by Gasteiger charge is -2.07. The number of aromatic nitrogens is 1. The average Bonchev–Trinajstić information content (AvgIpc) is 3.11. The van der Waals surface area contributed by atoms with Gasteiger partial charge in [0, 0.05) is 11.3 Å². The van der Waals surface area contributed by atoms with Crippen LogP contribution >= 0.6 is 0 Å². The molecule has 140 valence electrons. The lowest BCUT2D eigenvalue weighted by atomic mass is 10.2. The van der Waals surface area contributed by atoms with Crippen LogP contribution in [0.4, 0.5) is 14.5 Å². The van der Waals surface area contributed by atoms with Gasteiger partial charge >= 0.3 is 0 Å². The van der Waals surface area contributed by atoms with E-state index in [0.29, 0.717) is 34.0 Å². The second kappa shape index (κ2) is 7.48. The van der Waals surface area contributed by atoms with Gasteiger partial charge in [-0.2, -0.15) is 0 Å². The van der Waals surface area contributed by atoms with Crippen molar-refractivity contribution in [1.29, 1.82) is 0 Å². The van der Waals surface area contributed by atoms with Crippen molar-refractivity contribution in [3.05, 3.63) is 78.4 Å². The van der Waals surface area contributed by atoms with Gasteiger partial charge in [0.1, 0.15) is 22.9 Å². The molecule has 0 atom stereocenters. The predicted octanol–water partition coefficient (Wildman–Crippen LogP) is 4.79. The van der Waals surface area contributed by atoms with E-state index in [4.69, 9.17) is 9.15 Å². The minimum Gasteiger partial charge on any atom is -0.484 e. The fourth-order valence-electron chi connectivity index (χ4n) is 2.60. The predicted molar refractivity (Wildman–Crippen MR) is 99.9 cm³/mol. The van der Waals surface area contributed by atoms with Crippen molar-refractivity contribution >= 4 is 22.7 Å². The van der Waals surface area contributed by atoms with Gasteiger partial charge in [0.15, 0.2) is 12.2 Å². The molecule has 28 heavy (non-hydrogen) atoms. The van der Waals surface area contributed by atoms with Gasteiger partial charge in [-0.15, -0.1) is 0 Å². The van der Waals surface area contributed by atoms with E-state index >= 15 is 0 Å². The summed E-state index contributed by atoms with van der Waals surface area (Å²) in [5.41, 5.74) is 2.27. The second-order valence-corrected chi connectivity index (χ2v) is 6.00. The molecule has 0 bridgehead atoms. The van der Waals surface area contributed by atoms with Crippen LogP contribution in [0.3, 0.4) is 0 Å². The van der Waals surface area contributed by atoms with Crippen LogP contribution in [-0.2, 0) is 4.79 Å². The number of rotatable bonds is 5. The topological polar surface area (TPSA) is 64.4 Å². The summed E-state index contributed by atoms with van der Waals surface area (Å²) in [7, 11) is 0. The highest BCUT2D eigenvalue weighted by atomic mass is 19.1. The molecule has 4 rings (SSSR count). The fraction of sp³-hybridized carbons (Fsp3) is 0.0476. The Morgan fingerprint density at radius 2 is 1.64 bits per heavy atom. The van der Waals surface area contributed by atoms with Gasteiger partial charge in [-0.1, -0.05) is 0 Å². The summed E-state index contributed by atoms with van der Waals surface area (Å²) in [4.78, 5) is 16.4. The van der Waals surface area contributed by atoms with Gasteiger partial charge in [0.05, 0.1) is 0 Å². The summed E-state index contributed by atoms with van der Waals surface area (Å²) in [6, 6.07) is 16.3. The highest BCUT2D eigenvalue weighted by molar-refractivity contribution is 5.94. The van der Waals surface area contributed by atoms with Crippen LogP contribution in [0, 0.1) is 11.6 Å². The van der Waals surface area contributed by atoms with Gasteiger partial charge in [0.2, 0.25) is 5.89 Å². The molecular weight excluding hydrogens is 366 g/mol. The molecule has 0 radical (unpaired) electrons. The summed E-state index contributed by atoms with van der Waals surface area (Å²) in [6.45, 7) is -0.219. The standard InChI is InChI=1S/C21H14F2N2O3/c22-14-3-1-13(2-4-14)21-25-18-11-16(7-10-19(18)28-21)24-20(26)12-27-17-8-5-15(23)6-9-17/h1-11H,12H2,(H,24,26). The van der Waals surface area contributed by atoms with Gasteiger partial charge < -0.3 is 14.5 Å². The van der Waals surface area contributed by atoms with Crippen LogP contribution < -0.4 is 10.1 Å². The number of ether oxygens (including phenoxy) is 1. The first-order chi connectivity index (χ1) is 13.6. The van der Waals surface area contributed by atoms with E-state index in [0.717, 1.165) is 0 Å². The maximum absolute atomic E-state index is 13.1. The Kier molecular flexibility index (Phi) is 4.72. The van der Waals surface area contributed by atoms with E-state index < -0.39 is 0 Å². The number of benzene rings is 3. The third-order valence-corrected chi connectivity index (χ3v) is 3.95. The summed E-state index contributed by atoms with van der Waals surface area (Å²) in [6.07, 6.45) is 0. The number of nitrogens with zero attached hydrogens (tertiary/aromatic N) is 1. The van der Waals surface area contributed by atoms with Crippen molar-refractivity contribution in [1.82, 2.24) is 4.98 Å². The van der Waals surface area contributed by atoms with Crippen molar-refractivity contribution < 1.29 is 22.7 Å². The molecule has 4 aromatic rings. The SMILES string of the molecule is O=C(COc1ccc(F)cc1)Nc1ccc2oc(-c3ccc(F)cc3)nc2c1. The lowest BCUT2D eigenvalue weighted by molar-refractivity contribution is -0.118. The Labute approximate surface area is 158 Å². The third-order valence-electron chi connectivity index (χ3n) is 3.95. The van der Waals surface area contributed by atoms with Crippen LogP contribution in [0.1, 0.15) is 0 Å². The minimum absolute atomic E-state index is 0.219. The molecule has 0 fully saturated rings. The number of carbonyl (C=O) groups is 1. The van der Waals surface area contributed by atoms with E-state index in [1.807, 2.05) is 0 Å². The van der Waals surface area contributed by atoms with E-state index in [1.165, 1.54) is 36.4 Å². The number of halogens is 2. The highest BCUT2D eigenvalue weighted by Crippen LogP contribution is 2.26. The smallest absolute Gasteiger partial charge is 0.262 e. The van der Waals surface area contributed by atoms with Gasteiger partial charge in [-0.25, -0.2) is 13.8 Å². The quantitative estimate of drug-likeness (QED) is 0.541. The summed E-state index contributed by atoms with van der Waals surface area (Å²) >= 11 is 0. The molecule has 0 spiro atoms. The van der Waals surface area contributed by atoms with Gasteiger partial charge in [0.25, 0.3) is 5.91 Å². The van der Waals surface area contributed by atoms with Crippen LogP contribution in [0.5, 0.6) is 5.75 Å². The second-order valence-electron chi connectivity index (χ2n) is 6.00. The highest BCUT2D eigenvalue weighted by Gasteiger charge is 2.10. The number of hydrogen-bond acceptors (Lipinski definition) is 4. The van der Waals surface area contributed by atoms with Gasteiger partial charge in [-0.05, 0) is 66.7 Å². The van der Waals surface area contributed by atoms with Crippen molar-refractivity contribution in [2.75, 3.05) is 11.9 Å². The van der Waals surface area contributed by atoms with Crippen LogP contribution in [-0.4, -0.2) is 17.5 Å². The molecule has 1 N–H and O–H groups in total.